The quantitative estimate of drug-likeness (QED) is 0.674. The molecule has 0 atom stereocenters. The van der Waals surface area contributed by atoms with Crippen molar-refractivity contribution in [3.8, 4) is 0 Å². The minimum atomic E-state index is -0.908. The molecule has 0 saturated carbocycles. The number of rotatable bonds is 5. The van der Waals surface area contributed by atoms with Crippen molar-refractivity contribution < 1.29 is 23.1 Å². The number of para-hydroxylation sites is 1. The number of hydrogen-bond acceptors (Lipinski definition) is 3. The van der Waals surface area contributed by atoms with Gasteiger partial charge in [0, 0.05) is 6.08 Å². The van der Waals surface area contributed by atoms with Gasteiger partial charge in [-0.3, -0.25) is 4.79 Å². The molecule has 0 spiro atoms. The third kappa shape index (κ3) is 5.01. The van der Waals surface area contributed by atoms with E-state index in [1.807, 2.05) is 36.5 Å². The van der Waals surface area contributed by atoms with Gasteiger partial charge < -0.3 is 10.1 Å². The van der Waals surface area contributed by atoms with Crippen molar-refractivity contribution >= 4 is 23.6 Å². The van der Waals surface area contributed by atoms with Crippen LogP contribution < -0.4 is 5.32 Å². The number of esters is 1. The first-order valence-electron chi connectivity index (χ1n) is 7.11. The molecule has 0 aliphatic carbocycles. The van der Waals surface area contributed by atoms with Gasteiger partial charge in [0.2, 0.25) is 0 Å². The largest absolute Gasteiger partial charge is 0.452 e. The standard InChI is InChI=1S/C18H15F2NO3/c1-12-5-7-13(8-6-12)9-10-17(23)24-11-16(22)21-18-14(19)3-2-4-15(18)20/h2-10H,11H2,1H3,(H,21,22)/b10-9+. The van der Waals surface area contributed by atoms with E-state index in [9.17, 15) is 18.4 Å². The molecule has 1 amide bonds. The molecule has 4 nitrogen and oxygen atoms in total. The fraction of sp³-hybridized carbons (Fsp3) is 0.111. The van der Waals surface area contributed by atoms with Crippen LogP contribution in [0.3, 0.4) is 0 Å². The van der Waals surface area contributed by atoms with Crippen molar-refractivity contribution in [3.63, 3.8) is 0 Å². The van der Waals surface area contributed by atoms with Gasteiger partial charge in [-0.25, -0.2) is 13.6 Å². The summed E-state index contributed by atoms with van der Waals surface area (Å²) in [5, 5.41) is 2.02. The summed E-state index contributed by atoms with van der Waals surface area (Å²) in [6, 6.07) is 10.6. The number of hydrogen-bond donors (Lipinski definition) is 1. The minimum absolute atomic E-state index is 0.575. The van der Waals surface area contributed by atoms with Crippen molar-refractivity contribution in [3.05, 3.63) is 71.3 Å². The second-order valence-corrected chi connectivity index (χ2v) is 5.00. The zero-order chi connectivity index (χ0) is 17.5. The van der Waals surface area contributed by atoms with Crippen LogP contribution in [0.4, 0.5) is 14.5 Å². The van der Waals surface area contributed by atoms with Gasteiger partial charge in [-0.1, -0.05) is 35.9 Å². The van der Waals surface area contributed by atoms with E-state index in [2.05, 4.69) is 0 Å². The van der Waals surface area contributed by atoms with Crippen LogP contribution in [0.15, 0.2) is 48.5 Å². The van der Waals surface area contributed by atoms with Crippen molar-refractivity contribution in [1.29, 1.82) is 0 Å². The van der Waals surface area contributed by atoms with E-state index < -0.39 is 35.8 Å². The number of carbonyl (C=O) groups is 2. The van der Waals surface area contributed by atoms with E-state index in [4.69, 9.17) is 4.74 Å². The number of carbonyl (C=O) groups excluding carboxylic acids is 2. The first kappa shape index (κ1) is 17.3. The van der Waals surface area contributed by atoms with Crippen molar-refractivity contribution in [1.82, 2.24) is 0 Å². The fourth-order valence-electron chi connectivity index (χ4n) is 1.82. The lowest BCUT2D eigenvalue weighted by atomic mass is 10.1. The van der Waals surface area contributed by atoms with Gasteiger partial charge in [-0.15, -0.1) is 0 Å². The molecule has 1 N–H and O–H groups in total. The first-order chi connectivity index (χ1) is 11.5. The molecule has 0 radical (unpaired) electrons. The highest BCUT2D eigenvalue weighted by atomic mass is 19.1. The number of aryl methyl sites for hydroxylation is 1. The highest BCUT2D eigenvalue weighted by Gasteiger charge is 2.12. The van der Waals surface area contributed by atoms with E-state index in [0.29, 0.717) is 0 Å². The maximum Gasteiger partial charge on any atom is 0.331 e. The number of halogens is 2. The first-order valence-corrected chi connectivity index (χ1v) is 7.11. The van der Waals surface area contributed by atoms with Crippen LogP contribution in [0.25, 0.3) is 6.08 Å². The molecule has 0 heterocycles. The van der Waals surface area contributed by atoms with Crippen LogP contribution in [-0.2, 0) is 14.3 Å². The van der Waals surface area contributed by atoms with Gasteiger partial charge in [0.25, 0.3) is 5.91 Å². The summed E-state index contributed by atoms with van der Waals surface area (Å²) in [5.41, 5.74) is 1.32. The minimum Gasteiger partial charge on any atom is -0.452 e. The molecule has 2 aromatic carbocycles. The summed E-state index contributed by atoms with van der Waals surface area (Å²) in [5.74, 6) is -3.39. The molecule has 124 valence electrons. The van der Waals surface area contributed by atoms with Crippen LogP contribution in [0.2, 0.25) is 0 Å². The highest BCUT2D eigenvalue weighted by Crippen LogP contribution is 2.17. The van der Waals surface area contributed by atoms with E-state index in [-0.39, 0.29) is 0 Å². The monoisotopic (exact) mass is 331 g/mol. The Morgan fingerprint density at radius 1 is 1.08 bits per heavy atom. The summed E-state index contributed by atoms with van der Waals surface area (Å²) in [7, 11) is 0. The Kier molecular flexibility index (Phi) is 5.78. The number of amides is 1. The van der Waals surface area contributed by atoms with E-state index >= 15 is 0 Å². The van der Waals surface area contributed by atoms with Gasteiger partial charge >= 0.3 is 5.97 Å². The van der Waals surface area contributed by atoms with E-state index in [1.165, 1.54) is 18.2 Å². The Hall–Kier alpha value is -3.02. The molecule has 0 saturated heterocycles. The Balaban J connectivity index is 1.85. The average molecular weight is 331 g/mol. The summed E-state index contributed by atoms with van der Waals surface area (Å²) in [4.78, 5) is 23.1. The van der Waals surface area contributed by atoms with Crippen LogP contribution >= 0.6 is 0 Å². The Morgan fingerprint density at radius 3 is 2.33 bits per heavy atom. The molecule has 0 aromatic heterocycles. The second kappa shape index (κ2) is 8.01. The zero-order valence-corrected chi connectivity index (χ0v) is 12.9. The second-order valence-electron chi connectivity index (χ2n) is 5.00. The molecule has 0 unspecified atom stereocenters. The third-order valence-corrected chi connectivity index (χ3v) is 3.06. The van der Waals surface area contributed by atoms with Crippen LogP contribution in [0.1, 0.15) is 11.1 Å². The fourth-order valence-corrected chi connectivity index (χ4v) is 1.82. The van der Waals surface area contributed by atoms with Crippen LogP contribution in [-0.4, -0.2) is 18.5 Å². The molecule has 0 aliphatic heterocycles. The Morgan fingerprint density at radius 2 is 1.71 bits per heavy atom. The van der Waals surface area contributed by atoms with Gasteiger partial charge in [-0.05, 0) is 30.7 Å². The molecular formula is C18H15F2NO3. The van der Waals surface area contributed by atoms with Crippen molar-refractivity contribution in [2.24, 2.45) is 0 Å². The molecule has 2 aromatic rings. The number of anilines is 1. The molecular weight excluding hydrogens is 316 g/mol. The summed E-state index contributed by atoms with van der Waals surface area (Å²) >= 11 is 0. The summed E-state index contributed by atoms with van der Waals surface area (Å²) in [6.07, 6.45) is 2.71. The van der Waals surface area contributed by atoms with Gasteiger partial charge in [0.1, 0.15) is 17.3 Å². The van der Waals surface area contributed by atoms with Gasteiger partial charge in [-0.2, -0.15) is 0 Å². The lowest BCUT2D eigenvalue weighted by Gasteiger charge is -2.07. The maximum absolute atomic E-state index is 13.4. The summed E-state index contributed by atoms with van der Waals surface area (Å²) < 4.78 is 31.5. The van der Waals surface area contributed by atoms with Gasteiger partial charge in [0.15, 0.2) is 6.61 Å². The normalized spacial score (nSPS) is 10.6. The SMILES string of the molecule is Cc1ccc(/C=C/C(=O)OCC(=O)Nc2c(F)cccc2F)cc1. The topological polar surface area (TPSA) is 55.4 Å². The Labute approximate surface area is 137 Å². The smallest absolute Gasteiger partial charge is 0.331 e. The van der Waals surface area contributed by atoms with Crippen molar-refractivity contribution in [2.45, 2.75) is 6.92 Å². The number of benzene rings is 2. The van der Waals surface area contributed by atoms with Crippen molar-refractivity contribution in [2.75, 3.05) is 11.9 Å². The van der Waals surface area contributed by atoms with Crippen LogP contribution in [0.5, 0.6) is 0 Å². The Bertz CT molecular complexity index is 750. The molecule has 2 rings (SSSR count). The maximum atomic E-state index is 13.4. The molecule has 6 heteroatoms. The predicted octanol–water partition coefficient (Wildman–Crippen LogP) is 3.47. The molecule has 0 aliphatic rings. The van der Waals surface area contributed by atoms with Crippen LogP contribution in [0, 0.1) is 18.6 Å². The lowest BCUT2D eigenvalue weighted by Crippen LogP contribution is -2.21. The zero-order valence-electron chi connectivity index (χ0n) is 12.9. The summed E-state index contributed by atoms with van der Waals surface area (Å²) in [6.45, 7) is 1.30. The van der Waals surface area contributed by atoms with E-state index in [0.717, 1.165) is 23.3 Å². The molecule has 24 heavy (non-hydrogen) atoms. The molecule has 0 fully saturated rings. The van der Waals surface area contributed by atoms with E-state index in [1.54, 1.807) is 0 Å². The highest BCUT2D eigenvalue weighted by molar-refractivity contribution is 5.94. The number of ether oxygens (including phenoxy) is 1. The van der Waals surface area contributed by atoms with Gasteiger partial charge in [0.05, 0.1) is 0 Å². The predicted molar refractivity (Wildman–Crippen MR) is 86.2 cm³/mol. The molecule has 0 bridgehead atoms. The third-order valence-electron chi connectivity index (χ3n) is 3.06. The lowest BCUT2D eigenvalue weighted by molar-refractivity contribution is -0.142. The number of nitrogens with one attached hydrogen (secondary N) is 1. The average Bonchev–Trinajstić information content (AvgIpc) is 2.56.